The first-order chi connectivity index (χ1) is 17.4. The molecule has 0 amide bonds. The largest absolute Gasteiger partial charge is 0.402 e. The van der Waals surface area contributed by atoms with Gasteiger partial charge in [-0.1, -0.05) is 12.1 Å². The smallest absolute Gasteiger partial charge is 0.248 e. The van der Waals surface area contributed by atoms with Crippen LogP contribution in [0.5, 0.6) is 0 Å². The summed E-state index contributed by atoms with van der Waals surface area (Å²) in [6.07, 6.45) is -1.96. The molecule has 37 heavy (non-hydrogen) atoms. The van der Waals surface area contributed by atoms with Crippen molar-refractivity contribution in [3.63, 3.8) is 0 Å². The average molecular weight is 536 g/mol. The minimum Gasteiger partial charge on any atom is -0.248 e. The van der Waals surface area contributed by atoms with Crippen molar-refractivity contribution in [2.45, 2.75) is 37.4 Å². The molecule has 1 saturated carbocycles. The zero-order valence-electron chi connectivity index (χ0n) is 20.0. The summed E-state index contributed by atoms with van der Waals surface area (Å²) in [6, 6.07) is 11.9. The summed E-state index contributed by atoms with van der Waals surface area (Å²) in [5.41, 5.74) is 2.71. The van der Waals surface area contributed by atoms with Gasteiger partial charge in [-0.15, -0.1) is 0 Å². The molecule has 7 nitrogen and oxygen atoms in total. The van der Waals surface area contributed by atoms with E-state index in [4.69, 9.17) is 0 Å². The number of halogens is 4. The van der Waals surface area contributed by atoms with Gasteiger partial charge in [0, 0.05) is 24.7 Å². The maximum atomic E-state index is 13.3. The molecule has 2 heterocycles. The summed E-state index contributed by atoms with van der Waals surface area (Å²) in [5, 5.41) is 4.54. The Labute approximate surface area is 211 Å². The van der Waals surface area contributed by atoms with Gasteiger partial charge in [-0.25, -0.2) is 14.1 Å². The van der Waals surface area contributed by atoms with Crippen molar-refractivity contribution in [2.24, 2.45) is 18.9 Å². The fourth-order valence-electron chi connectivity index (χ4n) is 6.34. The maximum absolute atomic E-state index is 13.3. The Morgan fingerprint density at radius 3 is 2.35 bits per heavy atom. The van der Waals surface area contributed by atoms with Crippen LogP contribution in [0.25, 0.3) is 22.8 Å². The van der Waals surface area contributed by atoms with E-state index in [0.29, 0.717) is 28.8 Å². The molecule has 3 aromatic rings. The van der Waals surface area contributed by atoms with Crippen molar-refractivity contribution in [1.29, 1.82) is 0 Å². The lowest BCUT2D eigenvalue weighted by molar-refractivity contribution is -0.136. The van der Waals surface area contributed by atoms with Crippen LogP contribution in [0.15, 0.2) is 42.5 Å². The molecule has 6 rings (SSSR count). The predicted molar refractivity (Wildman–Crippen MR) is 128 cm³/mol. The van der Waals surface area contributed by atoms with E-state index in [-0.39, 0.29) is 24.2 Å². The van der Waals surface area contributed by atoms with E-state index < -0.39 is 28.5 Å². The highest BCUT2D eigenvalue weighted by Gasteiger charge is 2.60. The number of alkyl halides is 3. The number of fused-ring (bicyclic) bond motifs is 1. The Kier molecular flexibility index (Phi) is 5.52. The van der Waals surface area contributed by atoms with Crippen LogP contribution in [0.4, 0.5) is 17.6 Å². The Morgan fingerprint density at radius 2 is 1.68 bits per heavy atom. The van der Waals surface area contributed by atoms with E-state index in [2.05, 4.69) is 14.8 Å². The number of aryl methyl sites for hydroxylation is 1. The monoisotopic (exact) mass is 535 g/mol. The number of benzene rings is 2. The van der Waals surface area contributed by atoms with Crippen molar-refractivity contribution in [3.8, 4) is 22.8 Å². The predicted octanol–water partition coefficient (Wildman–Crippen LogP) is 3.86. The maximum Gasteiger partial charge on any atom is 0.402 e. The third-order valence-electron chi connectivity index (χ3n) is 8.04. The van der Waals surface area contributed by atoms with Crippen molar-refractivity contribution >= 4 is 10.2 Å². The molecule has 1 saturated heterocycles. The van der Waals surface area contributed by atoms with Crippen LogP contribution in [0.2, 0.25) is 0 Å². The van der Waals surface area contributed by atoms with E-state index in [1.165, 1.54) is 12.1 Å². The molecule has 2 fully saturated rings. The van der Waals surface area contributed by atoms with Crippen molar-refractivity contribution in [2.75, 3.05) is 13.1 Å². The van der Waals surface area contributed by atoms with Crippen molar-refractivity contribution in [3.05, 3.63) is 59.4 Å². The second-order valence-corrected chi connectivity index (χ2v) is 12.0. The lowest BCUT2D eigenvalue weighted by Gasteiger charge is -2.33. The van der Waals surface area contributed by atoms with E-state index >= 15 is 0 Å². The van der Waals surface area contributed by atoms with Gasteiger partial charge in [0.25, 0.3) is 10.2 Å². The topological polar surface area (TPSA) is 80.1 Å². The first-order valence-electron chi connectivity index (χ1n) is 12.1. The number of aromatic nitrogens is 3. The quantitative estimate of drug-likeness (QED) is 0.517. The van der Waals surface area contributed by atoms with Gasteiger partial charge in [-0.2, -0.15) is 35.7 Å². The summed E-state index contributed by atoms with van der Waals surface area (Å²) in [6.45, 7) is -1.66. The third kappa shape index (κ3) is 4.24. The molecule has 0 radical (unpaired) electrons. The van der Waals surface area contributed by atoms with E-state index in [1.54, 1.807) is 23.9 Å². The van der Waals surface area contributed by atoms with E-state index in [9.17, 15) is 26.0 Å². The lowest BCUT2D eigenvalue weighted by Crippen LogP contribution is -2.52. The zero-order chi connectivity index (χ0) is 26.2. The number of hydrogen-bond donors (Lipinski definition) is 1. The van der Waals surface area contributed by atoms with Gasteiger partial charge in [0.05, 0.1) is 5.54 Å². The Bertz CT molecular complexity index is 1470. The number of rotatable bonds is 3. The standard InChI is InChI=1S/C25H25F4N5O2S/c1-33-23(15-4-8-21(26)9-5-15)30-22(31-33)17-3-2-16-11-19-6-7-20(12-18(16)10-17)24(19)13-34(14-25(27,28)29)37(35,36)32-24/h2-5,8-10,19-20,32H,6-7,11-14H2,1H3/t19-,20+,24-/m1/s1. The van der Waals surface area contributed by atoms with Crippen LogP contribution in [-0.4, -0.2) is 52.3 Å². The Balaban J connectivity index is 1.31. The average Bonchev–Trinajstić information content (AvgIpc) is 3.38. The molecule has 2 aromatic carbocycles. The molecular weight excluding hydrogens is 510 g/mol. The molecule has 3 aliphatic rings. The minimum atomic E-state index is -4.61. The van der Waals surface area contributed by atoms with Crippen LogP contribution in [0, 0.1) is 17.7 Å². The molecule has 3 atom stereocenters. The van der Waals surface area contributed by atoms with E-state index in [0.717, 1.165) is 35.1 Å². The molecule has 1 aromatic heterocycles. The van der Waals surface area contributed by atoms with E-state index in [1.807, 2.05) is 18.2 Å². The van der Waals surface area contributed by atoms with Gasteiger partial charge in [0.15, 0.2) is 11.6 Å². The van der Waals surface area contributed by atoms with Crippen LogP contribution in [0.3, 0.4) is 0 Å². The zero-order valence-corrected chi connectivity index (χ0v) is 20.8. The normalized spacial score (nSPS) is 26.9. The molecule has 2 aliphatic carbocycles. The highest BCUT2D eigenvalue weighted by Crippen LogP contribution is 2.50. The van der Waals surface area contributed by atoms with Crippen LogP contribution >= 0.6 is 0 Å². The Hall–Kier alpha value is -2.83. The van der Waals surface area contributed by atoms with Crippen LogP contribution in [-0.2, 0) is 30.1 Å². The molecule has 196 valence electrons. The number of hydrogen-bond acceptors (Lipinski definition) is 4. The molecule has 12 heteroatoms. The van der Waals surface area contributed by atoms with Gasteiger partial charge < -0.3 is 0 Å². The molecule has 1 spiro atoms. The molecule has 2 bridgehead atoms. The molecule has 0 unspecified atom stereocenters. The summed E-state index contributed by atoms with van der Waals surface area (Å²) < 4.78 is 82.9. The molecule has 1 aliphatic heterocycles. The van der Waals surface area contributed by atoms with Crippen LogP contribution < -0.4 is 4.72 Å². The van der Waals surface area contributed by atoms with Crippen molar-refractivity contribution < 1.29 is 26.0 Å². The SMILES string of the molecule is Cn1nc(-c2ccc3c(c2)C[C@@H]2CC[C@H](C3)[C@]23CN(CC(F)(F)F)S(=O)(=O)N3)nc1-c1ccc(F)cc1. The minimum absolute atomic E-state index is 0.0873. The second kappa shape index (κ2) is 8.34. The summed E-state index contributed by atoms with van der Waals surface area (Å²) in [4.78, 5) is 4.66. The highest BCUT2D eigenvalue weighted by molar-refractivity contribution is 7.87. The van der Waals surface area contributed by atoms with Gasteiger partial charge in [-0.3, -0.25) is 0 Å². The summed E-state index contributed by atoms with van der Waals surface area (Å²) in [7, 11) is -2.46. The summed E-state index contributed by atoms with van der Waals surface area (Å²) >= 11 is 0. The highest BCUT2D eigenvalue weighted by atomic mass is 32.2. The number of nitrogens with one attached hydrogen (secondary N) is 1. The van der Waals surface area contributed by atoms with Gasteiger partial charge in [-0.05, 0) is 79.0 Å². The second-order valence-electron chi connectivity index (χ2n) is 10.3. The molecule has 1 N–H and O–H groups in total. The van der Waals surface area contributed by atoms with Crippen molar-refractivity contribution in [1.82, 2.24) is 23.8 Å². The first kappa shape index (κ1) is 24.5. The Morgan fingerprint density at radius 1 is 1.03 bits per heavy atom. The lowest BCUT2D eigenvalue weighted by atomic mass is 9.79. The van der Waals surface area contributed by atoms with Crippen LogP contribution in [0.1, 0.15) is 24.0 Å². The van der Waals surface area contributed by atoms with Gasteiger partial charge >= 0.3 is 6.18 Å². The molecular formula is C25H25F4N5O2S. The first-order valence-corrected chi connectivity index (χ1v) is 13.5. The fraction of sp³-hybridized carbons (Fsp3) is 0.440. The number of nitrogens with zero attached hydrogens (tertiary/aromatic N) is 4. The van der Waals surface area contributed by atoms with Gasteiger partial charge in [0.2, 0.25) is 0 Å². The summed E-state index contributed by atoms with van der Waals surface area (Å²) in [5.74, 6) is 0.555. The fourth-order valence-corrected chi connectivity index (χ4v) is 8.05. The van der Waals surface area contributed by atoms with Gasteiger partial charge in [0.1, 0.15) is 12.4 Å². The third-order valence-corrected chi connectivity index (χ3v) is 9.61.